The van der Waals surface area contributed by atoms with Crippen molar-refractivity contribution in [3.63, 3.8) is 0 Å². The molecule has 4 rings (SSSR count). The van der Waals surface area contributed by atoms with Crippen LogP contribution in [0.25, 0.3) is 0 Å². The van der Waals surface area contributed by atoms with Gasteiger partial charge in [-0.3, -0.25) is 14.2 Å². The first-order valence-corrected chi connectivity index (χ1v) is 10.6. The second kappa shape index (κ2) is 8.41. The summed E-state index contributed by atoms with van der Waals surface area (Å²) in [6.07, 6.45) is 0.957. The average Bonchev–Trinajstić information content (AvgIpc) is 2.72. The summed E-state index contributed by atoms with van der Waals surface area (Å²) in [6.45, 7) is 8.02. The van der Waals surface area contributed by atoms with Gasteiger partial charge < -0.3 is 15.5 Å². The number of carbonyl (C=O) groups is 1. The molecule has 1 fully saturated rings. The van der Waals surface area contributed by atoms with Crippen LogP contribution in [0.3, 0.4) is 0 Å². The number of carbonyl (C=O) groups excluding carboxylic acids is 1. The van der Waals surface area contributed by atoms with Crippen LogP contribution in [0.5, 0.6) is 0 Å². The quantitative estimate of drug-likeness (QED) is 0.787. The van der Waals surface area contributed by atoms with E-state index in [1.807, 2.05) is 6.07 Å². The molecule has 0 spiro atoms. The number of nitrogens with zero attached hydrogens (tertiary/aromatic N) is 2. The minimum absolute atomic E-state index is 0.0491. The number of amides is 1. The molecule has 1 aromatic heterocycles. The van der Waals surface area contributed by atoms with Crippen molar-refractivity contribution in [2.75, 3.05) is 37.6 Å². The van der Waals surface area contributed by atoms with Gasteiger partial charge in [0.25, 0.3) is 5.56 Å². The molecule has 2 aliphatic rings. The first-order valence-electron chi connectivity index (χ1n) is 10.6. The van der Waals surface area contributed by atoms with Crippen molar-refractivity contribution in [2.45, 2.75) is 32.2 Å². The van der Waals surface area contributed by atoms with Crippen molar-refractivity contribution in [2.24, 2.45) is 5.92 Å². The summed E-state index contributed by atoms with van der Waals surface area (Å²) in [6, 6.07) is 13.3. The maximum absolute atomic E-state index is 13.2. The van der Waals surface area contributed by atoms with Gasteiger partial charge in [-0.1, -0.05) is 18.2 Å². The predicted molar refractivity (Wildman–Crippen MR) is 116 cm³/mol. The maximum atomic E-state index is 13.2. The minimum atomic E-state index is -0.434. The van der Waals surface area contributed by atoms with Gasteiger partial charge in [-0.2, -0.15) is 0 Å². The third-order valence-electron chi connectivity index (χ3n) is 6.25. The Morgan fingerprint density at radius 3 is 2.86 bits per heavy atom. The van der Waals surface area contributed by atoms with Crippen molar-refractivity contribution in [3.8, 4) is 0 Å². The number of aromatic nitrogens is 1. The van der Waals surface area contributed by atoms with Crippen molar-refractivity contribution in [3.05, 3.63) is 64.1 Å². The summed E-state index contributed by atoms with van der Waals surface area (Å²) in [7, 11) is 0. The molecule has 6 heteroatoms. The molecule has 0 aliphatic carbocycles. The SMILES string of the molecule is CCN(CCNC(=O)[C@H]1[C@@H]2CNC[C@@H](C2)c2cccc(=O)n21)c1cccc(C)c1. The second-order valence-corrected chi connectivity index (χ2v) is 8.16. The third-order valence-corrected chi connectivity index (χ3v) is 6.25. The van der Waals surface area contributed by atoms with Gasteiger partial charge in [-0.25, -0.2) is 0 Å². The van der Waals surface area contributed by atoms with Crippen LogP contribution in [0.15, 0.2) is 47.3 Å². The Morgan fingerprint density at radius 2 is 2.07 bits per heavy atom. The molecular formula is C23H30N4O2. The lowest BCUT2D eigenvalue weighted by Gasteiger charge is -2.42. The first-order chi connectivity index (χ1) is 14.1. The molecule has 0 radical (unpaired) electrons. The van der Waals surface area contributed by atoms with E-state index in [0.717, 1.165) is 38.3 Å². The van der Waals surface area contributed by atoms with Crippen LogP contribution in [0.1, 0.15) is 36.6 Å². The standard InChI is InChI=1S/C23H30N4O2/c1-3-26(19-7-4-6-16(2)12-19)11-10-25-23(29)22-18-13-17(14-24-15-18)20-8-5-9-21(28)27(20)22/h4-9,12,17-18,22,24H,3,10-11,13-15H2,1-2H3,(H,25,29)/t17-,18+,22-/m1/s1. The number of hydrogen-bond donors (Lipinski definition) is 2. The third kappa shape index (κ3) is 3.94. The smallest absolute Gasteiger partial charge is 0.251 e. The van der Waals surface area contributed by atoms with Crippen LogP contribution in [0.4, 0.5) is 5.69 Å². The Bertz CT molecular complexity index is 938. The Morgan fingerprint density at radius 1 is 1.24 bits per heavy atom. The Kier molecular flexibility index (Phi) is 5.72. The maximum Gasteiger partial charge on any atom is 0.251 e. The number of pyridine rings is 1. The van der Waals surface area contributed by atoms with Gasteiger partial charge in [0.05, 0.1) is 0 Å². The lowest BCUT2D eigenvalue weighted by atomic mass is 9.79. The molecule has 3 atom stereocenters. The molecule has 1 saturated heterocycles. The van der Waals surface area contributed by atoms with Gasteiger partial charge in [0.15, 0.2) is 0 Å². The average molecular weight is 395 g/mol. The van der Waals surface area contributed by atoms with Crippen LogP contribution in [0, 0.1) is 12.8 Å². The summed E-state index contributed by atoms with van der Waals surface area (Å²) in [4.78, 5) is 28.0. The van der Waals surface area contributed by atoms with Gasteiger partial charge in [0.1, 0.15) is 6.04 Å². The molecule has 1 aromatic carbocycles. The second-order valence-electron chi connectivity index (χ2n) is 8.16. The zero-order chi connectivity index (χ0) is 20.4. The number of hydrogen-bond acceptors (Lipinski definition) is 4. The molecule has 2 aromatic rings. The topological polar surface area (TPSA) is 66.4 Å². The summed E-state index contributed by atoms with van der Waals surface area (Å²) >= 11 is 0. The molecule has 0 saturated carbocycles. The normalized spacial score (nSPS) is 22.6. The largest absolute Gasteiger partial charge is 0.370 e. The van der Waals surface area contributed by atoms with E-state index in [1.165, 1.54) is 11.3 Å². The number of anilines is 1. The fraction of sp³-hybridized carbons (Fsp3) is 0.478. The van der Waals surface area contributed by atoms with Crippen molar-refractivity contribution < 1.29 is 4.79 Å². The van der Waals surface area contributed by atoms with Crippen LogP contribution < -0.4 is 21.1 Å². The van der Waals surface area contributed by atoms with E-state index < -0.39 is 6.04 Å². The fourth-order valence-electron chi connectivity index (χ4n) is 4.84. The Balaban J connectivity index is 1.47. The van der Waals surface area contributed by atoms with Crippen molar-refractivity contribution in [1.82, 2.24) is 15.2 Å². The van der Waals surface area contributed by atoms with Crippen LogP contribution in [0.2, 0.25) is 0 Å². The van der Waals surface area contributed by atoms with Gasteiger partial charge >= 0.3 is 0 Å². The highest BCUT2D eigenvalue weighted by Gasteiger charge is 2.41. The fourth-order valence-corrected chi connectivity index (χ4v) is 4.84. The zero-order valence-corrected chi connectivity index (χ0v) is 17.2. The lowest BCUT2D eigenvalue weighted by Crippen LogP contribution is -2.52. The van der Waals surface area contributed by atoms with Crippen LogP contribution >= 0.6 is 0 Å². The van der Waals surface area contributed by atoms with E-state index in [9.17, 15) is 9.59 Å². The van der Waals surface area contributed by atoms with Crippen LogP contribution in [-0.4, -0.2) is 43.2 Å². The number of piperidine rings is 1. The summed E-state index contributed by atoms with van der Waals surface area (Å²) in [5.74, 6) is 0.413. The molecule has 2 bridgehead atoms. The predicted octanol–water partition coefficient (Wildman–Crippen LogP) is 2.05. The summed E-state index contributed by atoms with van der Waals surface area (Å²) < 4.78 is 1.74. The number of aryl methyl sites for hydroxylation is 1. The molecule has 2 aliphatic heterocycles. The van der Waals surface area contributed by atoms with E-state index in [4.69, 9.17) is 0 Å². The Hall–Kier alpha value is -2.60. The summed E-state index contributed by atoms with van der Waals surface area (Å²) in [5, 5.41) is 6.54. The molecule has 154 valence electrons. The monoisotopic (exact) mass is 394 g/mol. The van der Waals surface area contributed by atoms with E-state index in [2.05, 4.69) is 53.6 Å². The van der Waals surface area contributed by atoms with E-state index in [1.54, 1.807) is 16.7 Å². The highest BCUT2D eigenvalue weighted by molar-refractivity contribution is 5.81. The molecule has 29 heavy (non-hydrogen) atoms. The van der Waals surface area contributed by atoms with Gasteiger partial charge in [0, 0.05) is 62.0 Å². The molecule has 0 unspecified atom stereocenters. The highest BCUT2D eigenvalue weighted by atomic mass is 16.2. The molecule has 3 heterocycles. The first kappa shape index (κ1) is 19.7. The zero-order valence-electron chi connectivity index (χ0n) is 17.2. The van der Waals surface area contributed by atoms with Gasteiger partial charge in [0.2, 0.25) is 5.91 Å². The van der Waals surface area contributed by atoms with Crippen LogP contribution in [-0.2, 0) is 4.79 Å². The number of benzene rings is 1. The molecule has 6 nitrogen and oxygen atoms in total. The van der Waals surface area contributed by atoms with E-state index in [-0.39, 0.29) is 17.4 Å². The number of nitrogens with one attached hydrogen (secondary N) is 2. The van der Waals surface area contributed by atoms with Gasteiger partial charge in [-0.05, 0) is 44.0 Å². The number of fused-ring (bicyclic) bond motifs is 4. The molecular weight excluding hydrogens is 364 g/mol. The number of likely N-dealkylation sites (N-methyl/N-ethyl adjacent to an activating group) is 1. The lowest BCUT2D eigenvalue weighted by molar-refractivity contribution is -0.126. The highest BCUT2D eigenvalue weighted by Crippen LogP contribution is 2.38. The Labute approximate surface area is 171 Å². The number of rotatable bonds is 6. The van der Waals surface area contributed by atoms with E-state index in [0.29, 0.717) is 12.5 Å². The molecule has 2 N–H and O–H groups in total. The van der Waals surface area contributed by atoms with Crippen molar-refractivity contribution >= 4 is 11.6 Å². The minimum Gasteiger partial charge on any atom is -0.370 e. The van der Waals surface area contributed by atoms with Crippen molar-refractivity contribution in [1.29, 1.82) is 0 Å². The molecule has 1 amide bonds. The van der Waals surface area contributed by atoms with E-state index >= 15 is 0 Å². The van der Waals surface area contributed by atoms with Gasteiger partial charge in [-0.15, -0.1) is 0 Å². The summed E-state index contributed by atoms with van der Waals surface area (Å²) in [5.41, 5.74) is 3.30.